The zero-order valence-corrected chi connectivity index (χ0v) is 20.2. The van der Waals surface area contributed by atoms with Gasteiger partial charge in [-0.05, 0) is 73.9 Å². The molecular formula is C26H25BrFN3O2. The summed E-state index contributed by atoms with van der Waals surface area (Å²) in [5.74, 6) is 1.17. The minimum atomic E-state index is -0.302. The first-order valence-corrected chi connectivity index (χ1v) is 11.9. The lowest BCUT2D eigenvalue weighted by atomic mass is 10.0. The van der Waals surface area contributed by atoms with Crippen molar-refractivity contribution in [1.82, 2.24) is 10.5 Å². The number of halogens is 2. The Morgan fingerprint density at radius 1 is 1.15 bits per heavy atom. The maximum absolute atomic E-state index is 15.1. The van der Waals surface area contributed by atoms with Crippen LogP contribution >= 0.6 is 15.9 Å². The molecule has 2 aliphatic rings. The van der Waals surface area contributed by atoms with Gasteiger partial charge in [0.1, 0.15) is 0 Å². The van der Waals surface area contributed by atoms with E-state index < -0.39 is 0 Å². The Hall–Kier alpha value is -2.77. The third-order valence-corrected chi connectivity index (χ3v) is 6.65. The fourth-order valence-electron chi connectivity index (χ4n) is 4.00. The summed E-state index contributed by atoms with van der Waals surface area (Å²) in [6.45, 7) is 4.41. The third kappa shape index (κ3) is 4.94. The highest BCUT2D eigenvalue weighted by Gasteiger charge is 2.28. The number of aliphatic imine (C=N–C) groups is 1. The van der Waals surface area contributed by atoms with Crippen molar-refractivity contribution >= 4 is 21.8 Å². The topological polar surface area (TPSA) is 55.7 Å². The number of amidine groups is 1. The molecule has 170 valence electrons. The maximum atomic E-state index is 15.1. The van der Waals surface area contributed by atoms with E-state index in [1.165, 1.54) is 11.1 Å². The summed E-state index contributed by atoms with van der Waals surface area (Å²) in [5, 5.41) is 0. The number of nitrogens with zero attached hydrogens (tertiary/aromatic N) is 2. The number of hydrogen-bond donors (Lipinski definition) is 1. The van der Waals surface area contributed by atoms with Crippen LogP contribution < -0.4 is 10.2 Å². The monoisotopic (exact) mass is 509 g/mol. The van der Waals surface area contributed by atoms with Crippen molar-refractivity contribution in [2.75, 3.05) is 6.61 Å². The highest BCUT2D eigenvalue weighted by Crippen LogP contribution is 2.43. The fraction of sp³-hybridized carbons (Fsp3) is 0.308. The Labute approximate surface area is 201 Å². The van der Waals surface area contributed by atoms with E-state index in [2.05, 4.69) is 51.5 Å². The van der Waals surface area contributed by atoms with Crippen molar-refractivity contribution in [1.29, 1.82) is 0 Å². The number of aromatic nitrogens is 1. The first kappa shape index (κ1) is 22.0. The molecule has 5 nitrogen and oxygen atoms in total. The van der Waals surface area contributed by atoms with Crippen LogP contribution in [0.5, 0.6) is 11.5 Å². The molecule has 1 unspecified atom stereocenters. The summed E-state index contributed by atoms with van der Waals surface area (Å²) in [6.07, 6.45) is 4.38. The quantitative estimate of drug-likeness (QED) is 0.432. The molecule has 0 bridgehead atoms. The Bertz CT molecular complexity index is 1230. The molecule has 1 atom stereocenters. The van der Waals surface area contributed by atoms with Crippen molar-refractivity contribution in [3.63, 3.8) is 0 Å². The Kier molecular flexibility index (Phi) is 6.17. The van der Waals surface area contributed by atoms with Crippen molar-refractivity contribution in [3.05, 3.63) is 86.9 Å². The molecule has 1 aliphatic heterocycles. The Morgan fingerprint density at radius 2 is 2.00 bits per heavy atom. The molecule has 2 heterocycles. The number of pyridine rings is 1. The number of hydroxylamine groups is 1. The standard InChI is InChI=1S/C26H25BrFN3O2/c1-15-6-7-18(22(27)10-15)12-19-14-32-31-26(30-19)21-11-16(2)29-13-24(21)33-23-5-3-4-20(25(23)28)17-8-9-17/h3-7,10-11,13,17,19H,8-9,12,14H2,1-2H3,(H,30,31). The fourth-order valence-corrected chi connectivity index (χ4v) is 4.66. The molecule has 1 aliphatic carbocycles. The van der Waals surface area contributed by atoms with Gasteiger partial charge in [0.05, 0.1) is 24.4 Å². The number of rotatable bonds is 6. The van der Waals surface area contributed by atoms with Gasteiger partial charge in [0.2, 0.25) is 0 Å². The molecular weight excluding hydrogens is 485 g/mol. The lowest BCUT2D eigenvalue weighted by molar-refractivity contribution is 0.0623. The first-order chi connectivity index (χ1) is 16.0. The van der Waals surface area contributed by atoms with Crippen LogP contribution in [-0.2, 0) is 11.3 Å². The van der Waals surface area contributed by atoms with E-state index in [0.29, 0.717) is 35.2 Å². The lowest BCUT2D eigenvalue weighted by Gasteiger charge is -2.23. The predicted molar refractivity (Wildman–Crippen MR) is 129 cm³/mol. The van der Waals surface area contributed by atoms with Gasteiger partial charge in [0.25, 0.3) is 0 Å². The van der Waals surface area contributed by atoms with Crippen molar-refractivity contribution in [2.45, 2.75) is 45.1 Å². The number of benzene rings is 2. The summed E-state index contributed by atoms with van der Waals surface area (Å²) < 4.78 is 22.1. The molecule has 7 heteroatoms. The molecule has 1 saturated carbocycles. The molecule has 0 amide bonds. The van der Waals surface area contributed by atoms with Crippen LogP contribution in [0.2, 0.25) is 0 Å². The average molecular weight is 510 g/mol. The van der Waals surface area contributed by atoms with Gasteiger partial charge in [-0.3, -0.25) is 14.8 Å². The van der Waals surface area contributed by atoms with Gasteiger partial charge in [-0.2, -0.15) is 0 Å². The zero-order valence-electron chi connectivity index (χ0n) is 18.6. The Morgan fingerprint density at radius 3 is 2.79 bits per heavy atom. The minimum Gasteiger partial charge on any atom is -0.452 e. The van der Waals surface area contributed by atoms with Crippen LogP contribution in [0.15, 0.2) is 58.1 Å². The normalized spacial score (nSPS) is 17.9. The maximum Gasteiger partial charge on any atom is 0.169 e. The van der Waals surface area contributed by atoms with E-state index in [1.807, 2.05) is 25.1 Å². The molecule has 5 rings (SSSR count). The summed E-state index contributed by atoms with van der Waals surface area (Å²) in [6, 6.07) is 13.4. The molecule has 0 spiro atoms. The number of aryl methyl sites for hydroxylation is 2. The summed E-state index contributed by atoms with van der Waals surface area (Å²) in [5.41, 5.74) is 7.49. The lowest BCUT2D eigenvalue weighted by Crippen LogP contribution is -2.37. The second kappa shape index (κ2) is 9.23. The molecule has 1 aromatic heterocycles. The third-order valence-electron chi connectivity index (χ3n) is 5.91. The van der Waals surface area contributed by atoms with E-state index in [-0.39, 0.29) is 17.6 Å². The molecule has 33 heavy (non-hydrogen) atoms. The summed E-state index contributed by atoms with van der Waals surface area (Å²) in [4.78, 5) is 14.9. The molecule has 3 aromatic rings. The highest BCUT2D eigenvalue weighted by atomic mass is 79.9. The van der Waals surface area contributed by atoms with Crippen molar-refractivity contribution < 1.29 is 14.0 Å². The minimum absolute atomic E-state index is 0.0727. The molecule has 0 radical (unpaired) electrons. The second-order valence-electron chi connectivity index (χ2n) is 8.70. The molecule has 0 saturated heterocycles. The molecule has 2 aromatic carbocycles. The number of nitrogens with one attached hydrogen (secondary N) is 1. The van der Waals surface area contributed by atoms with Crippen LogP contribution in [0.3, 0.4) is 0 Å². The van der Waals surface area contributed by atoms with Gasteiger partial charge in [-0.25, -0.2) is 9.87 Å². The van der Waals surface area contributed by atoms with Gasteiger partial charge in [0.15, 0.2) is 23.2 Å². The van der Waals surface area contributed by atoms with Crippen molar-refractivity contribution in [3.8, 4) is 11.5 Å². The van der Waals surface area contributed by atoms with Crippen LogP contribution in [0.1, 0.15) is 46.7 Å². The zero-order chi connectivity index (χ0) is 22.9. The van der Waals surface area contributed by atoms with E-state index in [1.54, 1.807) is 12.3 Å². The van der Waals surface area contributed by atoms with Crippen molar-refractivity contribution in [2.24, 2.45) is 4.99 Å². The van der Waals surface area contributed by atoms with E-state index in [4.69, 9.17) is 14.6 Å². The van der Waals surface area contributed by atoms with Gasteiger partial charge in [-0.15, -0.1) is 0 Å². The van der Waals surface area contributed by atoms with Gasteiger partial charge >= 0.3 is 0 Å². The molecule has 1 N–H and O–H groups in total. The van der Waals surface area contributed by atoms with Crippen LogP contribution in [-0.4, -0.2) is 23.5 Å². The van der Waals surface area contributed by atoms with Crippen LogP contribution in [0, 0.1) is 19.7 Å². The average Bonchev–Trinajstić information content (AvgIpc) is 3.64. The van der Waals surface area contributed by atoms with E-state index in [0.717, 1.165) is 29.4 Å². The predicted octanol–water partition coefficient (Wildman–Crippen LogP) is 6.16. The van der Waals surface area contributed by atoms with E-state index in [9.17, 15) is 0 Å². The summed E-state index contributed by atoms with van der Waals surface area (Å²) in [7, 11) is 0. The summed E-state index contributed by atoms with van der Waals surface area (Å²) >= 11 is 3.65. The van der Waals surface area contributed by atoms with Crippen LogP contribution in [0.25, 0.3) is 0 Å². The number of hydrogen-bond acceptors (Lipinski definition) is 5. The van der Waals surface area contributed by atoms with Gasteiger partial charge in [-0.1, -0.05) is 40.2 Å². The SMILES string of the molecule is Cc1ccc(CC2CONC(c3cc(C)ncc3Oc3cccc(C4CC4)c3F)=N2)c(Br)c1. The highest BCUT2D eigenvalue weighted by molar-refractivity contribution is 9.10. The van der Waals surface area contributed by atoms with Gasteiger partial charge in [0, 0.05) is 10.2 Å². The first-order valence-electron chi connectivity index (χ1n) is 11.1. The largest absolute Gasteiger partial charge is 0.452 e. The van der Waals surface area contributed by atoms with Crippen LogP contribution in [0.4, 0.5) is 4.39 Å². The molecule has 1 fully saturated rings. The van der Waals surface area contributed by atoms with Gasteiger partial charge < -0.3 is 4.74 Å². The van der Waals surface area contributed by atoms with E-state index >= 15 is 4.39 Å². The Balaban J connectivity index is 1.44. The second-order valence-corrected chi connectivity index (χ2v) is 9.56. The number of ether oxygens (including phenoxy) is 1. The smallest absolute Gasteiger partial charge is 0.169 e.